The highest BCUT2D eigenvalue weighted by atomic mass is 32.2. The molecule has 19 heavy (non-hydrogen) atoms. The number of hydrogen-bond donors (Lipinski definition) is 1. The number of nitrogens with zero attached hydrogens (tertiary/aromatic N) is 2. The summed E-state index contributed by atoms with van der Waals surface area (Å²) in [6, 6.07) is 7.84. The van der Waals surface area contributed by atoms with Crippen molar-refractivity contribution in [3.8, 4) is 0 Å². The molecular formula is C11H11N3O3S2. The average molecular weight is 297 g/mol. The van der Waals surface area contributed by atoms with E-state index in [-0.39, 0.29) is 4.90 Å². The van der Waals surface area contributed by atoms with Crippen molar-refractivity contribution in [2.45, 2.75) is 11.8 Å². The average Bonchev–Trinajstić information content (AvgIpc) is 2.75. The molecule has 6 nitrogen and oxygen atoms in total. The lowest BCUT2D eigenvalue weighted by molar-refractivity contribution is -0.113. The summed E-state index contributed by atoms with van der Waals surface area (Å²) in [6.07, 6.45) is 0. The molecule has 0 saturated heterocycles. The van der Waals surface area contributed by atoms with Gasteiger partial charge in [-0.1, -0.05) is 29.5 Å². The normalized spacial score (nSPS) is 11.2. The van der Waals surface area contributed by atoms with Gasteiger partial charge in [0.1, 0.15) is 10.8 Å². The second-order valence-electron chi connectivity index (χ2n) is 3.75. The highest BCUT2D eigenvalue weighted by Gasteiger charge is 2.19. The summed E-state index contributed by atoms with van der Waals surface area (Å²) in [7, 11) is -3.63. The first kappa shape index (κ1) is 13.6. The molecule has 8 heteroatoms. The van der Waals surface area contributed by atoms with Crippen LogP contribution in [0.2, 0.25) is 0 Å². The highest BCUT2D eigenvalue weighted by Crippen LogP contribution is 2.15. The topological polar surface area (TPSA) is 89.0 Å². The van der Waals surface area contributed by atoms with Gasteiger partial charge in [-0.2, -0.15) is 0 Å². The second kappa shape index (κ2) is 5.45. The molecule has 0 radical (unpaired) electrons. The van der Waals surface area contributed by atoms with Crippen molar-refractivity contribution in [3.05, 3.63) is 35.3 Å². The van der Waals surface area contributed by atoms with Crippen LogP contribution in [0, 0.1) is 6.92 Å². The lowest BCUT2D eigenvalue weighted by atomic mass is 10.4. The van der Waals surface area contributed by atoms with E-state index < -0.39 is 21.5 Å². The summed E-state index contributed by atoms with van der Waals surface area (Å²) < 4.78 is 23.9. The molecule has 0 fully saturated rings. The van der Waals surface area contributed by atoms with Crippen LogP contribution in [0.5, 0.6) is 0 Å². The molecule has 2 aromatic rings. The van der Waals surface area contributed by atoms with Gasteiger partial charge in [0.15, 0.2) is 9.84 Å². The molecule has 100 valence electrons. The Balaban J connectivity index is 2.07. The molecule has 0 bridgehead atoms. The van der Waals surface area contributed by atoms with E-state index in [0.29, 0.717) is 10.1 Å². The molecule has 1 aromatic heterocycles. The number of carbonyl (C=O) groups excluding carboxylic acids is 1. The van der Waals surface area contributed by atoms with E-state index in [4.69, 9.17) is 0 Å². The number of anilines is 1. The number of sulfone groups is 1. The zero-order chi connectivity index (χ0) is 13.9. The molecule has 0 atom stereocenters. The number of amides is 1. The summed E-state index contributed by atoms with van der Waals surface area (Å²) >= 11 is 1.19. The van der Waals surface area contributed by atoms with Gasteiger partial charge in [-0.3, -0.25) is 10.1 Å². The predicted molar refractivity (Wildman–Crippen MR) is 71.8 cm³/mol. The summed E-state index contributed by atoms with van der Waals surface area (Å²) in [6.45, 7) is 1.74. The summed E-state index contributed by atoms with van der Waals surface area (Å²) in [5, 5.41) is 10.8. The number of hydrogen-bond acceptors (Lipinski definition) is 6. The van der Waals surface area contributed by atoms with E-state index in [1.54, 1.807) is 25.1 Å². The number of rotatable bonds is 4. The molecule has 0 spiro atoms. The van der Waals surface area contributed by atoms with Crippen LogP contribution < -0.4 is 5.32 Å². The molecule has 2 rings (SSSR count). The third kappa shape index (κ3) is 3.58. The van der Waals surface area contributed by atoms with Crippen LogP contribution in [0.3, 0.4) is 0 Å². The fraction of sp³-hybridized carbons (Fsp3) is 0.182. The number of benzene rings is 1. The van der Waals surface area contributed by atoms with E-state index in [1.165, 1.54) is 23.5 Å². The summed E-state index contributed by atoms with van der Waals surface area (Å²) in [5.74, 6) is -1.24. The first-order valence-electron chi connectivity index (χ1n) is 5.35. The first-order chi connectivity index (χ1) is 8.97. The van der Waals surface area contributed by atoms with Crippen LogP contribution in [-0.2, 0) is 14.6 Å². The highest BCUT2D eigenvalue weighted by molar-refractivity contribution is 7.92. The number of aryl methyl sites for hydroxylation is 1. The summed E-state index contributed by atoms with van der Waals surface area (Å²) in [4.78, 5) is 11.8. The molecule has 1 aromatic carbocycles. The maximum atomic E-state index is 11.9. The molecule has 1 heterocycles. The van der Waals surface area contributed by atoms with Gasteiger partial charge in [0, 0.05) is 0 Å². The molecule has 0 aliphatic rings. The fourth-order valence-corrected chi connectivity index (χ4v) is 3.15. The van der Waals surface area contributed by atoms with E-state index in [2.05, 4.69) is 15.5 Å². The standard InChI is InChI=1S/C11H11N3O3S2/c1-8-13-14-11(18-8)12-10(15)7-19(16,17)9-5-3-2-4-6-9/h2-6H,7H2,1H3,(H,12,14,15). The van der Waals surface area contributed by atoms with Crippen LogP contribution in [0.4, 0.5) is 5.13 Å². The van der Waals surface area contributed by atoms with Crippen molar-refractivity contribution >= 4 is 32.2 Å². The van der Waals surface area contributed by atoms with E-state index in [1.807, 2.05) is 0 Å². The first-order valence-corrected chi connectivity index (χ1v) is 7.82. The molecule has 0 unspecified atom stereocenters. The van der Waals surface area contributed by atoms with Crippen LogP contribution >= 0.6 is 11.3 Å². The minimum atomic E-state index is -3.63. The van der Waals surface area contributed by atoms with E-state index >= 15 is 0 Å². The van der Waals surface area contributed by atoms with Crippen LogP contribution in [0.1, 0.15) is 5.01 Å². The van der Waals surface area contributed by atoms with Crippen LogP contribution in [0.25, 0.3) is 0 Å². The van der Waals surface area contributed by atoms with Gasteiger partial charge in [-0.15, -0.1) is 10.2 Å². The Hall–Kier alpha value is -1.80. The van der Waals surface area contributed by atoms with Gasteiger partial charge >= 0.3 is 0 Å². The number of carbonyl (C=O) groups is 1. The van der Waals surface area contributed by atoms with Gasteiger partial charge in [-0.25, -0.2) is 8.42 Å². The van der Waals surface area contributed by atoms with Crippen LogP contribution in [-0.4, -0.2) is 30.3 Å². The van der Waals surface area contributed by atoms with Gasteiger partial charge in [-0.05, 0) is 19.1 Å². The van der Waals surface area contributed by atoms with Crippen molar-refractivity contribution in [1.82, 2.24) is 10.2 Å². The zero-order valence-electron chi connectivity index (χ0n) is 10.0. The minimum absolute atomic E-state index is 0.124. The van der Waals surface area contributed by atoms with Gasteiger partial charge in [0.25, 0.3) is 0 Å². The Labute approximate surface area is 114 Å². The monoisotopic (exact) mass is 297 g/mol. The van der Waals surface area contributed by atoms with Gasteiger partial charge in [0.05, 0.1) is 4.90 Å². The lowest BCUT2D eigenvalue weighted by Crippen LogP contribution is -2.22. The van der Waals surface area contributed by atoms with Crippen molar-refractivity contribution in [2.75, 3.05) is 11.1 Å². The van der Waals surface area contributed by atoms with E-state index in [0.717, 1.165) is 0 Å². The van der Waals surface area contributed by atoms with Crippen molar-refractivity contribution in [3.63, 3.8) is 0 Å². The molecule has 0 saturated carbocycles. The molecule has 1 N–H and O–H groups in total. The SMILES string of the molecule is Cc1nnc(NC(=O)CS(=O)(=O)c2ccccc2)s1. The van der Waals surface area contributed by atoms with E-state index in [9.17, 15) is 13.2 Å². The lowest BCUT2D eigenvalue weighted by Gasteiger charge is -2.03. The zero-order valence-corrected chi connectivity index (χ0v) is 11.7. The fourth-order valence-electron chi connectivity index (χ4n) is 1.39. The third-order valence-corrected chi connectivity index (χ3v) is 4.58. The van der Waals surface area contributed by atoms with Gasteiger partial charge in [0.2, 0.25) is 11.0 Å². The Morgan fingerprint density at radius 2 is 1.95 bits per heavy atom. The Morgan fingerprint density at radius 3 is 2.53 bits per heavy atom. The predicted octanol–water partition coefficient (Wildman–Crippen LogP) is 1.26. The molecular weight excluding hydrogens is 286 g/mol. The van der Waals surface area contributed by atoms with Crippen molar-refractivity contribution in [1.29, 1.82) is 0 Å². The second-order valence-corrected chi connectivity index (χ2v) is 6.92. The van der Waals surface area contributed by atoms with Crippen LogP contribution in [0.15, 0.2) is 35.2 Å². The number of aromatic nitrogens is 2. The molecule has 0 aliphatic carbocycles. The minimum Gasteiger partial charge on any atom is -0.300 e. The Kier molecular flexibility index (Phi) is 3.91. The Bertz CT molecular complexity index is 680. The quantitative estimate of drug-likeness (QED) is 0.917. The maximum absolute atomic E-state index is 11.9. The smallest absolute Gasteiger partial charge is 0.241 e. The third-order valence-electron chi connectivity index (χ3n) is 2.20. The molecule has 1 amide bonds. The summed E-state index contributed by atoms with van der Waals surface area (Å²) in [5.41, 5.74) is 0. The van der Waals surface area contributed by atoms with Gasteiger partial charge < -0.3 is 0 Å². The molecule has 0 aliphatic heterocycles. The van der Waals surface area contributed by atoms with Crippen molar-refractivity contribution < 1.29 is 13.2 Å². The number of nitrogens with one attached hydrogen (secondary N) is 1. The Morgan fingerprint density at radius 1 is 1.26 bits per heavy atom. The maximum Gasteiger partial charge on any atom is 0.241 e. The van der Waals surface area contributed by atoms with Crippen molar-refractivity contribution in [2.24, 2.45) is 0 Å². The largest absolute Gasteiger partial charge is 0.300 e.